The first-order valence-corrected chi connectivity index (χ1v) is 12.1. The number of amides is 1. The van der Waals surface area contributed by atoms with Crippen molar-refractivity contribution in [2.45, 2.75) is 96.6 Å². The third kappa shape index (κ3) is 4.57. The van der Waals surface area contributed by atoms with Crippen LogP contribution in [0, 0.1) is 29.1 Å². The summed E-state index contributed by atoms with van der Waals surface area (Å²) in [4.78, 5) is 24.5. The van der Waals surface area contributed by atoms with E-state index in [1.165, 1.54) is 36.6 Å². The standard InChI is InChI=1S/C24H38N4O3/c1-23(31)11-4-3-7-17-16(6-5-12-23)10-13-24(2)18(17)8-9-19(24)21(29)15-28-14-20(22(25)30)26-27-28/h14,16-19,31H,3-13,15H2,1-2H3,(H2,25,30)/t16-,17+,18-,19+,23-,24-/m0/s1. The van der Waals surface area contributed by atoms with Gasteiger partial charge in [-0.2, -0.15) is 0 Å². The van der Waals surface area contributed by atoms with E-state index in [0.29, 0.717) is 11.8 Å². The van der Waals surface area contributed by atoms with Gasteiger partial charge in [0.25, 0.3) is 5.91 Å². The highest BCUT2D eigenvalue weighted by atomic mass is 16.3. The minimum absolute atomic E-state index is 0.0517. The molecule has 31 heavy (non-hydrogen) atoms. The molecule has 172 valence electrons. The summed E-state index contributed by atoms with van der Waals surface area (Å²) in [5.41, 5.74) is 4.91. The zero-order valence-electron chi connectivity index (χ0n) is 19.1. The zero-order valence-corrected chi connectivity index (χ0v) is 19.1. The van der Waals surface area contributed by atoms with E-state index in [2.05, 4.69) is 17.2 Å². The third-order valence-electron chi connectivity index (χ3n) is 8.88. The number of primary amides is 1. The number of fused-ring (bicyclic) bond motifs is 3. The molecule has 0 bridgehead atoms. The maximum Gasteiger partial charge on any atom is 0.270 e. The van der Waals surface area contributed by atoms with Crippen LogP contribution in [0.1, 0.15) is 95.0 Å². The Balaban J connectivity index is 1.45. The summed E-state index contributed by atoms with van der Waals surface area (Å²) in [6.07, 6.45) is 13.5. The van der Waals surface area contributed by atoms with Crippen LogP contribution in [0.2, 0.25) is 0 Å². The summed E-state index contributed by atoms with van der Waals surface area (Å²) in [5.74, 6) is 1.68. The van der Waals surface area contributed by atoms with Gasteiger partial charge in [0.05, 0.1) is 11.8 Å². The fourth-order valence-electron chi connectivity index (χ4n) is 7.20. The number of ketones is 1. The summed E-state index contributed by atoms with van der Waals surface area (Å²) in [6, 6.07) is 0. The molecule has 6 atom stereocenters. The average Bonchev–Trinajstić information content (AvgIpc) is 3.30. The molecule has 7 nitrogen and oxygen atoms in total. The van der Waals surface area contributed by atoms with Crippen molar-refractivity contribution in [1.82, 2.24) is 15.0 Å². The number of aromatic nitrogens is 3. The highest BCUT2D eigenvalue weighted by Gasteiger charge is 2.55. The van der Waals surface area contributed by atoms with Crippen LogP contribution in [-0.4, -0.2) is 37.4 Å². The molecule has 3 aliphatic rings. The van der Waals surface area contributed by atoms with E-state index in [0.717, 1.165) is 50.9 Å². The normalized spacial score (nSPS) is 38.8. The van der Waals surface area contributed by atoms with Gasteiger partial charge < -0.3 is 10.8 Å². The lowest BCUT2D eigenvalue weighted by Crippen LogP contribution is -2.44. The third-order valence-corrected chi connectivity index (χ3v) is 8.88. The zero-order chi connectivity index (χ0) is 22.2. The molecule has 3 N–H and O–H groups in total. The molecule has 0 radical (unpaired) electrons. The lowest BCUT2D eigenvalue weighted by atomic mass is 9.55. The van der Waals surface area contributed by atoms with Gasteiger partial charge in [0.1, 0.15) is 6.54 Å². The van der Waals surface area contributed by atoms with Crippen LogP contribution in [0.3, 0.4) is 0 Å². The first-order chi connectivity index (χ1) is 14.7. The number of nitrogens with zero attached hydrogens (tertiary/aromatic N) is 3. The minimum atomic E-state index is -0.623. The Hall–Kier alpha value is -1.76. The maximum absolute atomic E-state index is 13.3. The number of hydrogen-bond donors (Lipinski definition) is 2. The number of rotatable bonds is 4. The molecule has 0 aromatic carbocycles. The van der Waals surface area contributed by atoms with Crippen molar-refractivity contribution in [3.63, 3.8) is 0 Å². The molecule has 1 aromatic rings. The Kier molecular flexibility index (Phi) is 6.25. The van der Waals surface area contributed by atoms with Crippen LogP contribution in [-0.2, 0) is 11.3 Å². The van der Waals surface area contributed by atoms with Crippen LogP contribution in [0.4, 0.5) is 0 Å². The fraction of sp³-hybridized carbons (Fsp3) is 0.833. The quantitative estimate of drug-likeness (QED) is 0.759. The molecule has 0 saturated heterocycles. The molecular formula is C24H38N4O3. The predicted molar refractivity (Wildman–Crippen MR) is 117 cm³/mol. The molecular weight excluding hydrogens is 392 g/mol. The smallest absolute Gasteiger partial charge is 0.270 e. The second kappa shape index (κ2) is 8.64. The molecule has 1 amide bonds. The first-order valence-electron chi connectivity index (χ1n) is 12.1. The molecule has 3 aliphatic carbocycles. The molecule has 3 fully saturated rings. The average molecular weight is 431 g/mol. The molecule has 0 unspecified atom stereocenters. The van der Waals surface area contributed by atoms with Crippen molar-refractivity contribution in [2.75, 3.05) is 0 Å². The predicted octanol–water partition coefficient (Wildman–Crippen LogP) is 3.50. The van der Waals surface area contributed by atoms with Gasteiger partial charge in [-0.25, -0.2) is 4.68 Å². The summed E-state index contributed by atoms with van der Waals surface area (Å²) < 4.78 is 1.46. The number of nitrogens with two attached hydrogens (primary N) is 1. The highest BCUT2D eigenvalue weighted by Crippen LogP contribution is 2.61. The van der Waals surface area contributed by atoms with Crippen LogP contribution in [0.5, 0.6) is 0 Å². The Labute approximate surface area is 185 Å². The summed E-state index contributed by atoms with van der Waals surface area (Å²) >= 11 is 0. The molecule has 3 saturated carbocycles. The van der Waals surface area contributed by atoms with Gasteiger partial charge in [-0.3, -0.25) is 9.59 Å². The SMILES string of the molecule is C[C@]1(O)CCCC[C@@H]2[C@@H](CCC1)CC[C@]1(C)[C@@H](C(=O)Cn3cc(C(N)=O)nn3)CC[C@@H]21. The largest absolute Gasteiger partial charge is 0.390 e. The van der Waals surface area contributed by atoms with Crippen molar-refractivity contribution in [3.05, 3.63) is 11.9 Å². The van der Waals surface area contributed by atoms with Gasteiger partial charge in [-0.15, -0.1) is 5.10 Å². The molecule has 0 spiro atoms. The van der Waals surface area contributed by atoms with E-state index in [9.17, 15) is 14.7 Å². The number of aliphatic hydroxyl groups is 1. The highest BCUT2D eigenvalue weighted by molar-refractivity contribution is 5.90. The van der Waals surface area contributed by atoms with E-state index in [1.807, 2.05) is 6.92 Å². The topological polar surface area (TPSA) is 111 Å². The maximum atomic E-state index is 13.3. The van der Waals surface area contributed by atoms with E-state index >= 15 is 0 Å². The number of carbonyl (C=O) groups is 2. The van der Waals surface area contributed by atoms with Gasteiger partial charge in [0.2, 0.25) is 0 Å². The van der Waals surface area contributed by atoms with Crippen LogP contribution >= 0.6 is 0 Å². The molecule has 1 aromatic heterocycles. The first kappa shape index (κ1) is 22.4. The minimum Gasteiger partial charge on any atom is -0.390 e. The Morgan fingerprint density at radius 3 is 2.61 bits per heavy atom. The summed E-state index contributed by atoms with van der Waals surface area (Å²) in [6.45, 7) is 4.51. The number of carbonyl (C=O) groups excluding carboxylic acids is 2. The van der Waals surface area contributed by atoms with Gasteiger partial charge in [0.15, 0.2) is 11.5 Å². The molecule has 0 aliphatic heterocycles. The van der Waals surface area contributed by atoms with Gasteiger partial charge in [-0.05, 0) is 75.0 Å². The molecule has 7 heteroatoms. The Bertz CT molecular complexity index is 820. The van der Waals surface area contributed by atoms with E-state index in [-0.39, 0.29) is 29.4 Å². The number of Topliss-reactive ketones (excluding diaryl/α,β-unsaturated/α-hetero) is 1. The Morgan fingerprint density at radius 2 is 1.87 bits per heavy atom. The van der Waals surface area contributed by atoms with Crippen LogP contribution in [0.25, 0.3) is 0 Å². The van der Waals surface area contributed by atoms with Crippen LogP contribution in [0.15, 0.2) is 6.20 Å². The van der Waals surface area contributed by atoms with Crippen molar-refractivity contribution >= 4 is 11.7 Å². The monoisotopic (exact) mass is 430 g/mol. The second-order valence-electron chi connectivity index (χ2n) is 11.0. The fourth-order valence-corrected chi connectivity index (χ4v) is 7.20. The summed E-state index contributed by atoms with van der Waals surface area (Å²) in [7, 11) is 0. The Morgan fingerprint density at radius 1 is 1.10 bits per heavy atom. The van der Waals surface area contributed by atoms with Crippen LogP contribution < -0.4 is 5.73 Å². The van der Waals surface area contributed by atoms with E-state index in [4.69, 9.17) is 5.73 Å². The molecule has 1 heterocycles. The van der Waals surface area contributed by atoms with E-state index < -0.39 is 11.5 Å². The van der Waals surface area contributed by atoms with Gasteiger partial charge >= 0.3 is 0 Å². The van der Waals surface area contributed by atoms with Gasteiger partial charge in [0, 0.05) is 5.92 Å². The van der Waals surface area contributed by atoms with Crippen molar-refractivity contribution in [2.24, 2.45) is 34.8 Å². The van der Waals surface area contributed by atoms with Crippen molar-refractivity contribution in [1.29, 1.82) is 0 Å². The number of hydrogen-bond acceptors (Lipinski definition) is 5. The second-order valence-corrected chi connectivity index (χ2v) is 11.0. The van der Waals surface area contributed by atoms with Crippen molar-refractivity contribution in [3.8, 4) is 0 Å². The van der Waals surface area contributed by atoms with Crippen molar-refractivity contribution < 1.29 is 14.7 Å². The lowest BCUT2D eigenvalue weighted by Gasteiger charge is -2.49. The molecule has 4 rings (SSSR count). The van der Waals surface area contributed by atoms with Gasteiger partial charge in [-0.1, -0.05) is 37.8 Å². The summed E-state index contributed by atoms with van der Waals surface area (Å²) in [5, 5.41) is 18.2. The lowest BCUT2D eigenvalue weighted by molar-refractivity contribution is -0.129. The van der Waals surface area contributed by atoms with E-state index in [1.54, 1.807) is 0 Å².